The van der Waals surface area contributed by atoms with Crippen molar-refractivity contribution in [3.63, 3.8) is 0 Å². The van der Waals surface area contributed by atoms with E-state index in [1.807, 2.05) is 0 Å². The van der Waals surface area contributed by atoms with Gasteiger partial charge < -0.3 is 0 Å². The molecule has 0 nitrogen and oxygen atoms in total. The summed E-state index contributed by atoms with van der Waals surface area (Å²) in [4.78, 5) is 0. The van der Waals surface area contributed by atoms with Crippen LogP contribution in [0.25, 0.3) is 0 Å². The van der Waals surface area contributed by atoms with E-state index in [4.69, 9.17) is 0 Å². The van der Waals surface area contributed by atoms with Gasteiger partial charge in [-0.1, -0.05) is 0 Å². The Morgan fingerprint density at radius 3 is 0.500 bits per heavy atom. The van der Waals surface area contributed by atoms with E-state index in [-0.39, 0.29) is 95.6 Å². The van der Waals surface area contributed by atoms with Crippen LogP contribution < -0.4 is 0 Å². The molecule has 0 aromatic heterocycles. The minimum atomic E-state index is 0. The first kappa shape index (κ1) is 27.1. The van der Waals surface area contributed by atoms with Crippen LogP contribution in [0.3, 0.4) is 0 Å². The Labute approximate surface area is 93.7 Å². The van der Waals surface area contributed by atoms with Gasteiger partial charge in [-0.2, -0.15) is 0 Å². The molecule has 0 bridgehead atoms. The van der Waals surface area contributed by atoms with Gasteiger partial charge in [-0.15, -0.1) is 0 Å². The third kappa shape index (κ3) is 8.96. The van der Waals surface area contributed by atoms with Gasteiger partial charge in [0.15, 0.2) is 0 Å². The Morgan fingerprint density at radius 1 is 0.500 bits per heavy atom. The Morgan fingerprint density at radius 2 is 0.500 bits per heavy atom. The fourth-order valence-corrected chi connectivity index (χ4v) is 0. The summed E-state index contributed by atoms with van der Waals surface area (Å²) < 4.78 is 0. The van der Waals surface area contributed by atoms with Gasteiger partial charge in [0.25, 0.3) is 0 Å². The first-order valence-electron chi connectivity index (χ1n) is 0. The molecule has 0 aliphatic heterocycles. The van der Waals surface area contributed by atoms with Crippen molar-refractivity contribution in [1.29, 1.82) is 0 Å². The Hall–Kier alpha value is 3.19. The van der Waals surface area contributed by atoms with Gasteiger partial charge in [0, 0.05) is 0 Å². The second-order valence-electron chi connectivity index (χ2n) is 0. The van der Waals surface area contributed by atoms with Crippen LogP contribution in [0.5, 0.6) is 0 Å². The predicted molar refractivity (Wildman–Crippen MR) is 37.0 cm³/mol. The van der Waals surface area contributed by atoms with E-state index in [0.29, 0.717) is 0 Å². The van der Waals surface area contributed by atoms with Gasteiger partial charge in [0.1, 0.15) is 0 Å². The molecule has 0 fully saturated rings. The van der Waals surface area contributed by atoms with Crippen molar-refractivity contribution in [3.05, 3.63) is 0 Å². The monoisotopic (exact) mass is 490 g/mol. The Bertz CT molecular complexity index is 0. The molecular weight excluding hydrogens is 475 g/mol. The third-order valence-corrected chi connectivity index (χ3v) is 0. The molecule has 4 heavy (non-hydrogen) atoms. The molecule has 0 unspecified atom stereocenters. The quantitative estimate of drug-likeness (QED) is 0.306. The molecule has 0 saturated heterocycles. The van der Waals surface area contributed by atoms with Crippen molar-refractivity contribution in [2.24, 2.45) is 0 Å². The van der Waals surface area contributed by atoms with Gasteiger partial charge in [0.05, 0.1) is 0 Å². The maximum absolute atomic E-state index is 0. The normalized spacial score (nSPS) is 0. The zero-order valence-corrected chi connectivity index (χ0v) is 22.9. The molecule has 0 aliphatic rings. The van der Waals surface area contributed by atoms with Crippen LogP contribution >= 0.6 is 0 Å². The molecule has 0 aromatic rings. The second kappa shape index (κ2) is 16.4. The summed E-state index contributed by atoms with van der Waals surface area (Å²) in [7, 11) is 0. The SMILES string of the molecule is [SnH2].[SnH2].[SnH3].[SnH3]. The van der Waals surface area contributed by atoms with Gasteiger partial charge in [-0.05, 0) is 0 Å². The van der Waals surface area contributed by atoms with Crippen molar-refractivity contribution >= 4 is 95.6 Å². The van der Waals surface area contributed by atoms with Crippen LogP contribution in [-0.2, 0) is 0 Å². The molecule has 0 aromatic carbocycles. The van der Waals surface area contributed by atoms with Crippen LogP contribution in [0.4, 0.5) is 0 Å². The maximum atomic E-state index is 0. The van der Waals surface area contributed by atoms with Crippen molar-refractivity contribution < 1.29 is 0 Å². The fraction of sp³-hybridized carbons (Fsp3) is 0. The molecule has 0 rings (SSSR count). The van der Waals surface area contributed by atoms with E-state index in [1.165, 1.54) is 0 Å². The molecule has 0 N–H and O–H groups in total. The van der Waals surface area contributed by atoms with Gasteiger partial charge in [-0.25, -0.2) is 0 Å². The number of rotatable bonds is 0. The average Bonchev–Trinajstić information content (AvgIpc) is 0. The molecule has 0 amide bonds. The topological polar surface area (TPSA) is 0 Å². The van der Waals surface area contributed by atoms with Crippen LogP contribution in [0.2, 0.25) is 0 Å². The third-order valence-electron chi connectivity index (χ3n) is 0. The molecule has 26 valence electrons. The van der Waals surface area contributed by atoms with Gasteiger partial charge in [-0.3, -0.25) is 0 Å². The molecule has 6 radical (unpaired) electrons. The first-order valence-corrected chi connectivity index (χ1v) is 0. The molecule has 0 spiro atoms. The van der Waals surface area contributed by atoms with Crippen LogP contribution in [0.1, 0.15) is 0 Å². The first-order chi connectivity index (χ1) is 0. The van der Waals surface area contributed by atoms with E-state index in [9.17, 15) is 0 Å². The van der Waals surface area contributed by atoms with Crippen LogP contribution in [0.15, 0.2) is 0 Å². The van der Waals surface area contributed by atoms with E-state index in [2.05, 4.69) is 0 Å². The Kier molecular flexibility index (Phi) is 111. The van der Waals surface area contributed by atoms with Crippen LogP contribution in [0, 0.1) is 0 Å². The number of hydrogen-bond acceptors (Lipinski definition) is 0. The van der Waals surface area contributed by atoms with Gasteiger partial charge in [0.2, 0.25) is 0 Å². The molecular formula is H10Sn4. The summed E-state index contributed by atoms with van der Waals surface area (Å²) in [6.45, 7) is 0. The van der Waals surface area contributed by atoms with E-state index in [1.54, 1.807) is 0 Å². The predicted octanol–water partition coefficient (Wildman–Crippen LogP) is -4.20. The van der Waals surface area contributed by atoms with E-state index in [0.717, 1.165) is 0 Å². The number of hydrogen-bond donors (Lipinski definition) is 0. The fourth-order valence-electron chi connectivity index (χ4n) is 0. The van der Waals surface area contributed by atoms with E-state index < -0.39 is 0 Å². The van der Waals surface area contributed by atoms with Crippen molar-refractivity contribution in [3.8, 4) is 0 Å². The van der Waals surface area contributed by atoms with Crippen molar-refractivity contribution in [1.82, 2.24) is 0 Å². The molecule has 0 saturated carbocycles. The molecule has 0 heterocycles. The minimum absolute atomic E-state index is 0. The summed E-state index contributed by atoms with van der Waals surface area (Å²) in [5.74, 6) is 0. The molecule has 0 aliphatic carbocycles. The summed E-state index contributed by atoms with van der Waals surface area (Å²) in [5, 5.41) is 0. The zero-order chi connectivity index (χ0) is 0. The van der Waals surface area contributed by atoms with Crippen LogP contribution in [-0.4, -0.2) is 95.6 Å². The van der Waals surface area contributed by atoms with Crippen molar-refractivity contribution in [2.45, 2.75) is 0 Å². The molecule has 0 atom stereocenters. The summed E-state index contributed by atoms with van der Waals surface area (Å²) in [5.41, 5.74) is 0. The summed E-state index contributed by atoms with van der Waals surface area (Å²) in [6.07, 6.45) is 0. The van der Waals surface area contributed by atoms with Gasteiger partial charge >= 0.3 is 95.6 Å². The standard InChI is InChI=1S/4Sn.10H. The summed E-state index contributed by atoms with van der Waals surface area (Å²) in [6, 6.07) is 0. The molecule has 4 heteroatoms. The van der Waals surface area contributed by atoms with Crippen molar-refractivity contribution in [2.75, 3.05) is 0 Å². The summed E-state index contributed by atoms with van der Waals surface area (Å²) >= 11 is 0. The second-order valence-corrected chi connectivity index (χ2v) is 0. The Balaban J connectivity index is 0. The zero-order valence-electron chi connectivity index (χ0n) is 3.41. The average molecular weight is 485 g/mol. The van der Waals surface area contributed by atoms with E-state index >= 15 is 0 Å².